The number of halogens is 5. The third-order valence-corrected chi connectivity index (χ3v) is 2.00. The molecule has 0 saturated carbocycles. The second-order valence-electron chi connectivity index (χ2n) is 3.03. The van der Waals surface area contributed by atoms with Crippen LogP contribution in [-0.2, 0) is 6.18 Å². The summed E-state index contributed by atoms with van der Waals surface area (Å²) in [4.78, 5) is 3.12. The summed E-state index contributed by atoms with van der Waals surface area (Å²) in [6.07, 6.45) is -7.78. The van der Waals surface area contributed by atoms with E-state index in [4.69, 9.17) is 0 Å². The van der Waals surface area contributed by atoms with E-state index in [2.05, 4.69) is 9.72 Å². The highest BCUT2D eigenvalue weighted by molar-refractivity contribution is 5.36. The molecule has 0 spiro atoms. The fourth-order valence-corrected chi connectivity index (χ4v) is 1.21. The molecule has 7 heteroatoms. The van der Waals surface area contributed by atoms with Crippen LogP contribution in [-0.4, -0.2) is 12.1 Å². The summed E-state index contributed by atoms with van der Waals surface area (Å²) >= 11 is 0. The van der Waals surface area contributed by atoms with Gasteiger partial charge in [-0.25, -0.2) is 13.8 Å². The molecule has 0 saturated heterocycles. The van der Waals surface area contributed by atoms with E-state index in [1.165, 1.54) is 0 Å². The fourth-order valence-electron chi connectivity index (χ4n) is 1.21. The van der Waals surface area contributed by atoms with Crippen LogP contribution in [0.25, 0.3) is 0 Å². The van der Waals surface area contributed by atoms with E-state index in [0.717, 1.165) is 20.1 Å². The molecule has 0 aromatic carbocycles. The number of alkyl halides is 5. The van der Waals surface area contributed by atoms with Crippen molar-refractivity contribution in [3.63, 3.8) is 0 Å². The average molecular weight is 241 g/mol. The van der Waals surface area contributed by atoms with Crippen molar-refractivity contribution in [2.45, 2.75) is 19.5 Å². The highest BCUT2D eigenvalue weighted by Crippen LogP contribution is 2.36. The fraction of sp³-hybridized carbons (Fsp3) is 0.444. The molecule has 1 heterocycles. The molecular formula is C9H8F5NO. The van der Waals surface area contributed by atoms with Crippen LogP contribution in [0.2, 0.25) is 0 Å². The first-order valence-electron chi connectivity index (χ1n) is 4.18. The summed E-state index contributed by atoms with van der Waals surface area (Å²) in [5.41, 5.74) is -2.65. The zero-order valence-corrected chi connectivity index (χ0v) is 8.40. The molecule has 0 amide bonds. The Bertz CT molecular complexity index is 388. The molecule has 0 radical (unpaired) electrons. The average Bonchev–Trinajstić information content (AvgIpc) is 2.15. The molecule has 0 aliphatic rings. The summed E-state index contributed by atoms with van der Waals surface area (Å²) < 4.78 is 66.7. The normalized spacial score (nSPS) is 12.0. The van der Waals surface area contributed by atoms with Crippen LogP contribution in [0.5, 0.6) is 5.88 Å². The molecule has 0 unspecified atom stereocenters. The first-order chi connectivity index (χ1) is 7.27. The van der Waals surface area contributed by atoms with Gasteiger partial charge in [0, 0.05) is 11.6 Å². The summed E-state index contributed by atoms with van der Waals surface area (Å²) in [5, 5.41) is 0. The maximum absolute atomic E-state index is 12.5. The predicted molar refractivity (Wildman–Crippen MR) is 45.5 cm³/mol. The Morgan fingerprint density at radius 2 is 1.88 bits per heavy atom. The van der Waals surface area contributed by atoms with Gasteiger partial charge in [-0.2, -0.15) is 13.2 Å². The third-order valence-electron chi connectivity index (χ3n) is 2.00. The largest absolute Gasteiger partial charge is 0.481 e. The van der Waals surface area contributed by atoms with Gasteiger partial charge >= 0.3 is 6.18 Å². The monoisotopic (exact) mass is 241 g/mol. The lowest BCUT2D eigenvalue weighted by atomic mass is 10.1. The highest BCUT2D eigenvalue weighted by Gasteiger charge is 2.36. The Hall–Kier alpha value is -1.40. The molecule has 0 fully saturated rings. The zero-order valence-electron chi connectivity index (χ0n) is 8.40. The number of hydrogen-bond acceptors (Lipinski definition) is 2. The van der Waals surface area contributed by atoms with Crippen molar-refractivity contribution in [3.8, 4) is 5.88 Å². The van der Waals surface area contributed by atoms with Crippen molar-refractivity contribution in [1.82, 2.24) is 4.98 Å². The quantitative estimate of drug-likeness (QED) is 0.740. The lowest BCUT2D eigenvalue weighted by Crippen LogP contribution is -2.13. The van der Waals surface area contributed by atoms with Gasteiger partial charge in [0.25, 0.3) is 6.43 Å². The highest BCUT2D eigenvalue weighted by atomic mass is 19.4. The maximum Gasteiger partial charge on any atom is 0.433 e. The van der Waals surface area contributed by atoms with Crippen LogP contribution in [0.15, 0.2) is 6.07 Å². The zero-order chi connectivity index (χ0) is 12.5. The van der Waals surface area contributed by atoms with Crippen molar-refractivity contribution in [1.29, 1.82) is 0 Å². The van der Waals surface area contributed by atoms with Gasteiger partial charge in [0.2, 0.25) is 5.88 Å². The molecule has 90 valence electrons. The molecule has 0 N–H and O–H groups in total. The van der Waals surface area contributed by atoms with E-state index in [9.17, 15) is 22.0 Å². The minimum Gasteiger partial charge on any atom is -0.481 e. The van der Waals surface area contributed by atoms with Gasteiger partial charge in [0.05, 0.1) is 7.11 Å². The van der Waals surface area contributed by atoms with Crippen LogP contribution in [0.4, 0.5) is 22.0 Å². The molecule has 1 aromatic heterocycles. The third kappa shape index (κ3) is 2.40. The number of methoxy groups -OCH3 is 1. The van der Waals surface area contributed by atoms with Crippen LogP contribution in [0.3, 0.4) is 0 Å². The minimum absolute atomic E-state index is 0.478. The number of ether oxygens (including phenoxy) is 1. The van der Waals surface area contributed by atoms with Gasteiger partial charge in [-0.15, -0.1) is 0 Å². The molecule has 1 rings (SSSR count). The molecule has 2 nitrogen and oxygen atoms in total. The molecule has 0 atom stereocenters. The van der Waals surface area contributed by atoms with E-state index >= 15 is 0 Å². The first-order valence-corrected chi connectivity index (χ1v) is 4.18. The SMILES string of the molecule is COc1cc(C(F)F)c(C)c(C(F)(F)F)n1. The van der Waals surface area contributed by atoms with Crippen LogP contribution in [0.1, 0.15) is 23.2 Å². The van der Waals surface area contributed by atoms with Crippen LogP contribution < -0.4 is 4.74 Å². The summed E-state index contributed by atoms with van der Waals surface area (Å²) in [6.45, 7) is 0.955. The van der Waals surface area contributed by atoms with Crippen molar-refractivity contribution in [2.75, 3.05) is 7.11 Å². The Labute approximate surface area is 88.1 Å². The van der Waals surface area contributed by atoms with Gasteiger partial charge in [-0.1, -0.05) is 0 Å². The molecule has 16 heavy (non-hydrogen) atoms. The molecule has 0 bridgehead atoms. The number of aromatic nitrogens is 1. The smallest absolute Gasteiger partial charge is 0.433 e. The number of rotatable bonds is 2. The van der Waals surface area contributed by atoms with Gasteiger partial charge in [0.1, 0.15) is 0 Å². The second-order valence-corrected chi connectivity index (χ2v) is 3.03. The Kier molecular flexibility index (Phi) is 3.35. The van der Waals surface area contributed by atoms with E-state index in [1.54, 1.807) is 0 Å². The molecular weight excluding hydrogens is 233 g/mol. The van der Waals surface area contributed by atoms with Gasteiger partial charge in [-0.3, -0.25) is 0 Å². The second kappa shape index (κ2) is 4.23. The van der Waals surface area contributed by atoms with Crippen LogP contribution in [0, 0.1) is 6.92 Å². The van der Waals surface area contributed by atoms with Gasteiger partial charge in [0.15, 0.2) is 5.69 Å². The van der Waals surface area contributed by atoms with E-state index < -0.39 is 35.3 Å². The topological polar surface area (TPSA) is 22.1 Å². The maximum atomic E-state index is 12.5. The van der Waals surface area contributed by atoms with E-state index in [-0.39, 0.29) is 0 Å². The summed E-state index contributed by atoms with van der Waals surface area (Å²) in [6, 6.07) is 0.801. The lowest BCUT2D eigenvalue weighted by Gasteiger charge is -2.14. The lowest BCUT2D eigenvalue weighted by molar-refractivity contribution is -0.142. The standard InChI is InChI=1S/C9H8F5NO/c1-4-5(8(10)11)3-6(16-2)15-7(4)9(12,13)14/h3,8H,1-2H3. The van der Waals surface area contributed by atoms with Crippen molar-refractivity contribution < 1.29 is 26.7 Å². The summed E-state index contributed by atoms with van der Waals surface area (Å²) in [7, 11) is 1.06. The predicted octanol–water partition coefficient (Wildman–Crippen LogP) is 3.36. The number of hydrogen-bond donors (Lipinski definition) is 0. The Balaban J connectivity index is 3.44. The molecule has 1 aromatic rings. The van der Waals surface area contributed by atoms with Crippen molar-refractivity contribution >= 4 is 0 Å². The molecule has 0 aliphatic heterocycles. The van der Waals surface area contributed by atoms with Gasteiger partial charge in [-0.05, 0) is 12.5 Å². The molecule has 0 aliphatic carbocycles. The first kappa shape index (κ1) is 12.7. The number of nitrogens with zero attached hydrogens (tertiary/aromatic N) is 1. The number of pyridine rings is 1. The van der Waals surface area contributed by atoms with Gasteiger partial charge < -0.3 is 4.74 Å². The minimum atomic E-state index is -4.78. The van der Waals surface area contributed by atoms with Crippen LogP contribution >= 0.6 is 0 Å². The van der Waals surface area contributed by atoms with Crippen molar-refractivity contribution in [3.05, 3.63) is 22.9 Å². The van der Waals surface area contributed by atoms with Crippen molar-refractivity contribution in [2.24, 2.45) is 0 Å². The van der Waals surface area contributed by atoms with E-state index in [0.29, 0.717) is 0 Å². The Morgan fingerprint density at radius 1 is 1.31 bits per heavy atom. The Morgan fingerprint density at radius 3 is 2.25 bits per heavy atom. The van der Waals surface area contributed by atoms with E-state index in [1.807, 2.05) is 0 Å². The summed E-state index contributed by atoms with van der Waals surface area (Å²) in [5.74, 6) is -0.478.